The van der Waals surface area contributed by atoms with Crippen molar-refractivity contribution in [2.75, 3.05) is 30.9 Å². The van der Waals surface area contributed by atoms with E-state index in [2.05, 4.69) is 4.72 Å². The van der Waals surface area contributed by atoms with Crippen LogP contribution in [0, 0.1) is 11.7 Å². The minimum atomic E-state index is -3.24. The molecule has 1 fully saturated rings. The molecule has 0 bridgehead atoms. The highest BCUT2D eigenvalue weighted by Gasteiger charge is 2.48. The smallest absolute Gasteiger partial charge is 0.233 e. The van der Waals surface area contributed by atoms with Gasteiger partial charge in [0.05, 0.1) is 31.4 Å². The fourth-order valence-electron chi connectivity index (χ4n) is 5.41. The molecule has 0 aliphatic carbocycles. The number of amides is 1. The number of aryl methyl sites for hydroxylation is 2. The number of carbonyl (C=O) groups excluding carboxylic acids is 2. The summed E-state index contributed by atoms with van der Waals surface area (Å²) in [7, 11) is -3.24. The van der Waals surface area contributed by atoms with Crippen LogP contribution in [0.15, 0.2) is 72.8 Å². The number of ketones is 1. The van der Waals surface area contributed by atoms with E-state index in [0.29, 0.717) is 43.5 Å². The van der Waals surface area contributed by atoms with Crippen LogP contribution in [0.25, 0.3) is 0 Å². The number of carbonyl (C=O) groups is 2. The Morgan fingerprint density at radius 1 is 0.932 bits per heavy atom. The zero-order valence-corrected chi connectivity index (χ0v) is 25.5. The highest BCUT2D eigenvalue weighted by molar-refractivity contribution is 7.88. The van der Waals surface area contributed by atoms with Gasteiger partial charge < -0.3 is 20.2 Å². The molecule has 1 aliphatic rings. The lowest BCUT2D eigenvalue weighted by Crippen LogP contribution is -2.55. The number of nitrogens with zero attached hydrogens (tertiary/aromatic N) is 1. The topological polar surface area (TPSA) is 144 Å². The molecule has 1 aliphatic heterocycles. The second kappa shape index (κ2) is 14.5. The van der Waals surface area contributed by atoms with Gasteiger partial charge in [0.2, 0.25) is 15.9 Å². The van der Waals surface area contributed by atoms with Gasteiger partial charge in [0.15, 0.2) is 5.78 Å². The fourth-order valence-corrected chi connectivity index (χ4v) is 5.92. The first-order valence-electron chi connectivity index (χ1n) is 14.6. The average molecular weight is 627 g/mol. The van der Waals surface area contributed by atoms with E-state index in [9.17, 15) is 37.7 Å². The summed E-state index contributed by atoms with van der Waals surface area (Å²) >= 11 is 0. The van der Waals surface area contributed by atoms with Crippen LogP contribution in [0.5, 0.6) is 0 Å². The second-order valence-electron chi connectivity index (χ2n) is 11.4. The highest BCUT2D eigenvalue weighted by atomic mass is 32.2. The Kier molecular flexibility index (Phi) is 11.0. The molecule has 0 unspecified atom stereocenters. The molecule has 4 rings (SSSR count). The Labute approximate surface area is 257 Å². The quantitative estimate of drug-likeness (QED) is 0.109. The number of hydrogen-bond acceptors (Lipinski definition) is 7. The van der Waals surface area contributed by atoms with E-state index in [1.54, 1.807) is 4.90 Å². The van der Waals surface area contributed by atoms with Gasteiger partial charge in [-0.15, -0.1) is 0 Å². The largest absolute Gasteiger partial charge is 0.393 e. The van der Waals surface area contributed by atoms with Crippen LogP contribution in [0.1, 0.15) is 58.8 Å². The monoisotopic (exact) mass is 626 g/mol. The number of hydrogen-bond donors (Lipinski definition) is 4. The first-order chi connectivity index (χ1) is 20.9. The fraction of sp³-hybridized carbons (Fsp3) is 0.394. The van der Waals surface area contributed by atoms with E-state index in [4.69, 9.17) is 0 Å². The first kappa shape index (κ1) is 33.4. The van der Waals surface area contributed by atoms with E-state index in [0.717, 1.165) is 22.9 Å². The van der Waals surface area contributed by atoms with Gasteiger partial charge >= 0.3 is 0 Å². The Balaban J connectivity index is 1.49. The molecule has 0 aromatic heterocycles. The van der Waals surface area contributed by atoms with Crippen LogP contribution < -0.4 is 9.62 Å². The Morgan fingerprint density at radius 2 is 1.52 bits per heavy atom. The summed E-state index contributed by atoms with van der Waals surface area (Å²) < 4.78 is 38.4. The summed E-state index contributed by atoms with van der Waals surface area (Å²) in [6.07, 6.45) is 3.48. The molecule has 3 aromatic rings. The molecular formula is C33H39FN2O7S. The van der Waals surface area contributed by atoms with Crippen molar-refractivity contribution in [1.29, 1.82) is 0 Å². The maximum atomic E-state index is 13.5. The van der Waals surface area contributed by atoms with Crippen molar-refractivity contribution in [1.82, 2.24) is 4.72 Å². The molecule has 236 valence electrons. The van der Waals surface area contributed by atoms with E-state index in [1.807, 2.05) is 48.5 Å². The summed E-state index contributed by atoms with van der Waals surface area (Å²) in [6, 6.07) is 20.2. The number of sulfonamides is 1. The summed E-state index contributed by atoms with van der Waals surface area (Å²) in [5.74, 6) is -1.14. The van der Waals surface area contributed by atoms with E-state index < -0.39 is 40.6 Å². The average Bonchev–Trinajstić information content (AvgIpc) is 3.01. The summed E-state index contributed by atoms with van der Waals surface area (Å²) in [5, 5.41) is 28.9. The highest BCUT2D eigenvalue weighted by Crippen LogP contribution is 2.46. The summed E-state index contributed by atoms with van der Waals surface area (Å²) in [6.45, 7) is -0.758. The van der Waals surface area contributed by atoms with Crippen LogP contribution in [0.2, 0.25) is 0 Å². The molecule has 2 atom stereocenters. The number of benzene rings is 3. The Bertz CT molecular complexity index is 1520. The minimum absolute atomic E-state index is 0.105. The molecule has 11 heteroatoms. The van der Waals surface area contributed by atoms with Crippen LogP contribution in [-0.2, 0) is 27.7 Å². The summed E-state index contributed by atoms with van der Waals surface area (Å²) in [5.41, 5.74) is 2.31. The number of rotatable bonds is 16. The molecule has 44 heavy (non-hydrogen) atoms. The maximum Gasteiger partial charge on any atom is 0.233 e. The molecule has 0 radical (unpaired) electrons. The normalized spacial score (nSPS) is 17.0. The maximum absolute atomic E-state index is 13.5. The van der Waals surface area contributed by atoms with E-state index in [-0.39, 0.29) is 30.6 Å². The molecular weight excluding hydrogens is 587 g/mol. The number of β-lactam (4-membered cyclic amide) rings is 1. The predicted octanol–water partition coefficient (Wildman–Crippen LogP) is 3.32. The number of aliphatic hydroxyl groups excluding tert-OH is 2. The number of anilines is 1. The van der Waals surface area contributed by atoms with E-state index in [1.165, 1.54) is 24.3 Å². The van der Waals surface area contributed by atoms with Crippen molar-refractivity contribution < 1.29 is 37.7 Å². The summed E-state index contributed by atoms with van der Waals surface area (Å²) in [4.78, 5) is 28.0. The Hall–Kier alpha value is -3.48. The lowest BCUT2D eigenvalue weighted by atomic mass is 9.78. The number of nitrogens with one attached hydrogen (secondary N) is 1. The van der Waals surface area contributed by atoms with Gasteiger partial charge in [0.25, 0.3) is 0 Å². The van der Waals surface area contributed by atoms with Crippen molar-refractivity contribution in [3.05, 3.63) is 101 Å². The molecule has 1 amide bonds. The van der Waals surface area contributed by atoms with Crippen LogP contribution in [0.3, 0.4) is 0 Å². The molecule has 0 spiro atoms. The number of aliphatic hydroxyl groups is 3. The molecule has 1 heterocycles. The van der Waals surface area contributed by atoms with Gasteiger partial charge in [-0.2, -0.15) is 0 Å². The predicted molar refractivity (Wildman–Crippen MR) is 165 cm³/mol. The van der Waals surface area contributed by atoms with E-state index >= 15 is 0 Å². The van der Waals surface area contributed by atoms with Crippen molar-refractivity contribution in [2.45, 2.75) is 50.2 Å². The minimum Gasteiger partial charge on any atom is -0.393 e. The zero-order chi connectivity index (χ0) is 31.9. The molecule has 1 saturated heterocycles. The molecule has 4 N–H and O–H groups in total. The van der Waals surface area contributed by atoms with Crippen molar-refractivity contribution >= 4 is 27.4 Å². The first-order valence-corrected chi connectivity index (χ1v) is 16.5. The second-order valence-corrected chi connectivity index (χ2v) is 13.3. The SMILES string of the molecule is CS(=O)(=O)NCCCc1ccc(N2C(=O)[C@H](CCC(=O)c3ccc(F)cc3)[C@H]2c2ccc(CCC(O)(CO)CO)cc2)cc1. The van der Waals surface area contributed by atoms with Gasteiger partial charge in [-0.3, -0.25) is 9.59 Å². The van der Waals surface area contributed by atoms with Crippen molar-refractivity contribution in [2.24, 2.45) is 5.92 Å². The van der Waals surface area contributed by atoms with Crippen molar-refractivity contribution in [3.8, 4) is 0 Å². The Morgan fingerprint density at radius 3 is 2.11 bits per heavy atom. The lowest BCUT2D eigenvalue weighted by Gasteiger charge is -2.47. The van der Waals surface area contributed by atoms with Gasteiger partial charge in [0, 0.05) is 24.2 Å². The lowest BCUT2D eigenvalue weighted by molar-refractivity contribution is -0.130. The van der Waals surface area contributed by atoms with Crippen LogP contribution in [-0.4, -0.2) is 67.0 Å². The number of Topliss-reactive ketones (excluding diaryl/α,β-unsaturated/α-hetero) is 1. The van der Waals surface area contributed by atoms with Gasteiger partial charge in [0.1, 0.15) is 11.4 Å². The molecule has 3 aromatic carbocycles. The van der Waals surface area contributed by atoms with Gasteiger partial charge in [-0.25, -0.2) is 17.5 Å². The third-order valence-electron chi connectivity index (χ3n) is 8.07. The standard InChI is InChI=1S/C33H39FN2O7S/c1-44(42,43)35-20-2-3-23-6-14-28(15-7-23)36-31(26-8-4-24(5-9-26)18-19-33(41,21-37)22-38)29(32(36)40)16-17-30(39)25-10-12-27(34)13-11-25/h4-15,29,31,35,37-38,41H,2-3,16-22H2,1H3/t29-,31-/m1/s1. The third-order valence-corrected chi connectivity index (χ3v) is 8.80. The van der Waals surface area contributed by atoms with Crippen molar-refractivity contribution in [3.63, 3.8) is 0 Å². The molecule has 9 nitrogen and oxygen atoms in total. The zero-order valence-electron chi connectivity index (χ0n) is 24.7. The number of halogens is 1. The molecule has 0 saturated carbocycles. The van der Waals surface area contributed by atoms with Crippen LogP contribution in [0.4, 0.5) is 10.1 Å². The van der Waals surface area contributed by atoms with Gasteiger partial charge in [-0.05, 0) is 85.2 Å². The third kappa shape index (κ3) is 8.58. The van der Waals surface area contributed by atoms with Crippen LogP contribution >= 0.6 is 0 Å². The van der Waals surface area contributed by atoms with Gasteiger partial charge in [-0.1, -0.05) is 36.4 Å².